The number of phenolic OH excluding ortho intramolecular Hbond substituents is 1. The number of halogens is 1. The molecule has 0 unspecified atom stereocenters. The van der Waals surface area contributed by atoms with Crippen LogP contribution in [0.25, 0.3) is 0 Å². The molecule has 1 amide bonds. The number of carbonyl (C=O) groups is 1. The number of amides is 1. The number of thioether (sulfide) groups is 1. The lowest BCUT2D eigenvalue weighted by molar-refractivity contribution is -0.119. The van der Waals surface area contributed by atoms with Crippen LogP contribution in [0.4, 0.5) is 0 Å². The lowest BCUT2D eigenvalue weighted by atomic mass is 9.94. The quantitative estimate of drug-likeness (QED) is 0.459. The second-order valence-corrected chi connectivity index (χ2v) is 10.4. The Kier molecular flexibility index (Phi) is 8.74. The SMILES string of the molecule is Cc1cc(CSCC(=O)NC2CCCCC2)cc(Cl)c1Cc1ccc(O)c(C(C)C)c1. The smallest absolute Gasteiger partial charge is 0.230 e. The summed E-state index contributed by atoms with van der Waals surface area (Å²) in [6.07, 6.45) is 6.72. The molecule has 0 atom stereocenters. The molecule has 2 N–H and O–H groups in total. The van der Waals surface area contributed by atoms with Crippen molar-refractivity contribution in [1.82, 2.24) is 5.32 Å². The maximum absolute atomic E-state index is 12.2. The molecular weight excluding hydrogens is 426 g/mol. The predicted molar refractivity (Wildman–Crippen MR) is 132 cm³/mol. The van der Waals surface area contributed by atoms with Crippen LogP contribution < -0.4 is 5.32 Å². The van der Waals surface area contributed by atoms with Gasteiger partial charge in [-0.2, -0.15) is 0 Å². The van der Waals surface area contributed by atoms with Gasteiger partial charge in [-0.25, -0.2) is 0 Å². The second-order valence-electron chi connectivity index (χ2n) is 8.99. The zero-order chi connectivity index (χ0) is 22.4. The highest BCUT2D eigenvalue weighted by Gasteiger charge is 2.16. The van der Waals surface area contributed by atoms with E-state index in [1.165, 1.54) is 19.3 Å². The third kappa shape index (κ3) is 6.92. The van der Waals surface area contributed by atoms with Gasteiger partial charge in [-0.05, 0) is 72.1 Å². The van der Waals surface area contributed by atoms with Gasteiger partial charge in [0.2, 0.25) is 5.91 Å². The van der Waals surface area contributed by atoms with Crippen LogP contribution >= 0.6 is 23.4 Å². The molecule has 0 aliphatic heterocycles. The average Bonchev–Trinajstić information content (AvgIpc) is 2.72. The highest BCUT2D eigenvalue weighted by molar-refractivity contribution is 7.99. The normalized spacial score (nSPS) is 14.7. The third-order valence-corrected chi connectivity index (χ3v) is 7.39. The molecule has 1 aliphatic rings. The van der Waals surface area contributed by atoms with Crippen molar-refractivity contribution in [3.05, 3.63) is 63.2 Å². The summed E-state index contributed by atoms with van der Waals surface area (Å²) in [5, 5.41) is 14.0. The minimum atomic E-state index is 0.143. The number of rotatable bonds is 8. The van der Waals surface area contributed by atoms with Gasteiger partial charge in [0.15, 0.2) is 0 Å². The number of aryl methyl sites for hydroxylation is 1. The van der Waals surface area contributed by atoms with E-state index in [-0.39, 0.29) is 11.8 Å². The van der Waals surface area contributed by atoms with Crippen LogP contribution in [0, 0.1) is 6.92 Å². The Morgan fingerprint density at radius 3 is 2.58 bits per heavy atom. The van der Waals surface area contributed by atoms with Gasteiger partial charge in [-0.1, -0.05) is 62.9 Å². The summed E-state index contributed by atoms with van der Waals surface area (Å²) >= 11 is 8.29. The zero-order valence-corrected chi connectivity index (χ0v) is 20.4. The molecule has 3 nitrogen and oxygen atoms in total. The molecule has 2 aromatic carbocycles. The van der Waals surface area contributed by atoms with Gasteiger partial charge >= 0.3 is 0 Å². The molecule has 0 saturated heterocycles. The Balaban J connectivity index is 1.57. The summed E-state index contributed by atoms with van der Waals surface area (Å²) in [6, 6.07) is 10.4. The first-order valence-electron chi connectivity index (χ1n) is 11.3. The van der Waals surface area contributed by atoms with Crippen LogP contribution in [-0.4, -0.2) is 22.8 Å². The topological polar surface area (TPSA) is 49.3 Å². The van der Waals surface area contributed by atoms with Crippen LogP contribution in [0.5, 0.6) is 5.75 Å². The number of hydrogen-bond donors (Lipinski definition) is 2. The zero-order valence-electron chi connectivity index (χ0n) is 18.8. The molecule has 168 valence electrons. The third-order valence-electron chi connectivity index (χ3n) is 6.05. The first-order valence-corrected chi connectivity index (χ1v) is 12.8. The van der Waals surface area contributed by atoms with E-state index >= 15 is 0 Å². The Bertz CT molecular complexity index is 883. The molecule has 1 fully saturated rings. The van der Waals surface area contributed by atoms with Gasteiger partial charge < -0.3 is 10.4 Å². The van der Waals surface area contributed by atoms with Gasteiger partial charge in [0.25, 0.3) is 0 Å². The average molecular weight is 460 g/mol. The van der Waals surface area contributed by atoms with Gasteiger partial charge in [-0.3, -0.25) is 4.79 Å². The maximum atomic E-state index is 12.2. The van der Waals surface area contributed by atoms with E-state index in [1.54, 1.807) is 17.8 Å². The maximum Gasteiger partial charge on any atom is 0.230 e. The first-order chi connectivity index (χ1) is 14.8. The summed E-state index contributed by atoms with van der Waals surface area (Å²) in [4.78, 5) is 12.2. The van der Waals surface area contributed by atoms with E-state index < -0.39 is 0 Å². The van der Waals surface area contributed by atoms with Crippen LogP contribution in [0.2, 0.25) is 5.02 Å². The van der Waals surface area contributed by atoms with Crippen molar-refractivity contribution in [1.29, 1.82) is 0 Å². The summed E-state index contributed by atoms with van der Waals surface area (Å²) in [5.41, 5.74) is 5.54. The van der Waals surface area contributed by atoms with E-state index in [1.807, 2.05) is 12.1 Å². The molecule has 31 heavy (non-hydrogen) atoms. The predicted octanol–water partition coefficient (Wildman–Crippen LogP) is 6.75. The van der Waals surface area contributed by atoms with Gasteiger partial charge in [0, 0.05) is 16.8 Å². The largest absolute Gasteiger partial charge is 0.508 e. The van der Waals surface area contributed by atoms with Crippen molar-refractivity contribution >= 4 is 29.3 Å². The highest BCUT2D eigenvalue weighted by Crippen LogP contribution is 2.30. The number of phenols is 1. The minimum absolute atomic E-state index is 0.143. The van der Waals surface area contributed by atoms with Gasteiger partial charge in [-0.15, -0.1) is 11.8 Å². The number of benzene rings is 2. The Morgan fingerprint density at radius 1 is 1.16 bits per heavy atom. The molecule has 5 heteroatoms. The molecular formula is C26H34ClNO2S. The lowest BCUT2D eigenvalue weighted by Crippen LogP contribution is -2.37. The summed E-state index contributed by atoms with van der Waals surface area (Å²) in [6.45, 7) is 6.26. The molecule has 0 radical (unpaired) electrons. The Labute approximate surface area is 196 Å². The highest BCUT2D eigenvalue weighted by atomic mass is 35.5. The van der Waals surface area contributed by atoms with E-state index in [0.29, 0.717) is 17.5 Å². The van der Waals surface area contributed by atoms with Crippen LogP contribution in [-0.2, 0) is 17.0 Å². The number of aromatic hydroxyl groups is 1. The van der Waals surface area contributed by atoms with Gasteiger partial charge in [0.05, 0.1) is 5.75 Å². The Morgan fingerprint density at radius 2 is 1.90 bits per heavy atom. The fourth-order valence-electron chi connectivity index (χ4n) is 4.31. The molecule has 0 bridgehead atoms. The number of nitrogens with one attached hydrogen (secondary N) is 1. The fourth-order valence-corrected chi connectivity index (χ4v) is 5.44. The van der Waals surface area contributed by atoms with Crippen molar-refractivity contribution in [2.24, 2.45) is 0 Å². The standard InChI is InChI=1S/C26H34ClNO2S/c1-17(2)22-12-19(9-10-25(22)29)13-23-18(3)11-20(14-24(23)27)15-31-16-26(30)28-21-7-5-4-6-8-21/h9-12,14,17,21,29H,4-8,13,15-16H2,1-3H3,(H,28,30). The summed E-state index contributed by atoms with van der Waals surface area (Å²) in [7, 11) is 0. The monoisotopic (exact) mass is 459 g/mol. The molecule has 1 saturated carbocycles. The van der Waals surface area contributed by atoms with E-state index in [0.717, 1.165) is 57.9 Å². The molecule has 3 rings (SSSR count). The van der Waals surface area contributed by atoms with Crippen LogP contribution in [0.15, 0.2) is 30.3 Å². The summed E-state index contributed by atoms with van der Waals surface area (Å²) in [5.74, 6) is 2.02. The molecule has 0 spiro atoms. The molecule has 0 heterocycles. The van der Waals surface area contributed by atoms with Crippen LogP contribution in [0.3, 0.4) is 0 Å². The van der Waals surface area contributed by atoms with Gasteiger partial charge in [0.1, 0.15) is 5.75 Å². The van der Waals surface area contributed by atoms with Crippen molar-refractivity contribution in [3.63, 3.8) is 0 Å². The summed E-state index contributed by atoms with van der Waals surface area (Å²) < 4.78 is 0. The first kappa shape index (κ1) is 24.0. The fraction of sp³-hybridized carbons (Fsp3) is 0.500. The molecule has 1 aliphatic carbocycles. The van der Waals surface area contributed by atoms with Crippen molar-refractivity contribution in [2.75, 3.05) is 5.75 Å². The Hall–Kier alpha value is -1.65. The number of carbonyl (C=O) groups excluding carboxylic acids is 1. The van der Waals surface area contributed by atoms with E-state index in [2.05, 4.69) is 38.2 Å². The van der Waals surface area contributed by atoms with Crippen LogP contribution in [0.1, 0.15) is 79.7 Å². The molecule has 0 aromatic heterocycles. The molecule has 2 aromatic rings. The number of hydrogen-bond acceptors (Lipinski definition) is 3. The van der Waals surface area contributed by atoms with E-state index in [9.17, 15) is 9.90 Å². The lowest BCUT2D eigenvalue weighted by Gasteiger charge is -2.22. The second kappa shape index (κ2) is 11.3. The van der Waals surface area contributed by atoms with Crippen molar-refractivity contribution < 1.29 is 9.90 Å². The van der Waals surface area contributed by atoms with E-state index in [4.69, 9.17) is 11.6 Å². The van der Waals surface area contributed by atoms with Crippen molar-refractivity contribution in [3.8, 4) is 5.75 Å². The minimum Gasteiger partial charge on any atom is -0.508 e. The van der Waals surface area contributed by atoms with Crippen molar-refractivity contribution in [2.45, 2.75) is 77.0 Å².